The first-order valence-electron chi connectivity index (χ1n) is 6.68. The summed E-state index contributed by atoms with van der Waals surface area (Å²) in [6, 6.07) is 6.10. The molecule has 0 aromatic heterocycles. The van der Waals surface area contributed by atoms with E-state index in [2.05, 4.69) is 0 Å². The van der Waals surface area contributed by atoms with Gasteiger partial charge in [0.25, 0.3) is 0 Å². The quantitative estimate of drug-likeness (QED) is 0.767. The van der Waals surface area contributed by atoms with Crippen LogP contribution in [0.25, 0.3) is 0 Å². The third kappa shape index (κ3) is 4.51. The minimum absolute atomic E-state index is 0.223. The zero-order valence-corrected chi connectivity index (χ0v) is 12.7. The lowest BCUT2D eigenvalue weighted by Crippen LogP contribution is -2.35. The van der Waals surface area contributed by atoms with E-state index in [9.17, 15) is 4.79 Å². The molecule has 5 nitrogen and oxygen atoms in total. The van der Waals surface area contributed by atoms with Gasteiger partial charge in [-0.15, -0.1) is 0 Å². The molecule has 0 spiro atoms. The molecule has 5 heteroatoms. The van der Waals surface area contributed by atoms with E-state index in [1.165, 1.54) is 7.11 Å². The van der Waals surface area contributed by atoms with Crippen molar-refractivity contribution in [2.24, 2.45) is 5.73 Å². The van der Waals surface area contributed by atoms with E-state index in [0.717, 1.165) is 16.9 Å². The number of nitrogens with zero attached hydrogens (tertiary/aromatic N) is 1. The highest BCUT2D eigenvalue weighted by atomic mass is 16.5. The van der Waals surface area contributed by atoms with Crippen molar-refractivity contribution in [1.29, 1.82) is 0 Å². The number of carbonyl (C=O) groups excluding carboxylic acids is 1. The van der Waals surface area contributed by atoms with E-state index in [-0.39, 0.29) is 18.6 Å². The lowest BCUT2D eigenvalue weighted by Gasteiger charge is -2.26. The summed E-state index contributed by atoms with van der Waals surface area (Å²) >= 11 is 0. The highest BCUT2D eigenvalue weighted by Gasteiger charge is 2.17. The number of carbonyl (C=O) groups is 1. The van der Waals surface area contributed by atoms with Crippen LogP contribution in [0.5, 0.6) is 5.75 Å². The molecular formula is C15H24N2O3. The minimum Gasteiger partial charge on any atom is -0.496 e. The van der Waals surface area contributed by atoms with Crippen LogP contribution in [0.15, 0.2) is 18.2 Å². The fourth-order valence-corrected chi connectivity index (χ4v) is 1.95. The Morgan fingerprint density at radius 2 is 2.05 bits per heavy atom. The molecule has 0 saturated carbocycles. The number of ether oxygens (including phenoxy) is 2. The molecule has 0 aliphatic heterocycles. The Morgan fingerprint density at radius 1 is 1.35 bits per heavy atom. The normalized spacial score (nSPS) is 10.9. The van der Waals surface area contributed by atoms with Crippen LogP contribution in [-0.4, -0.2) is 37.7 Å². The van der Waals surface area contributed by atoms with Crippen LogP contribution >= 0.6 is 0 Å². The number of hydrogen-bond acceptors (Lipinski definition) is 5. The Bertz CT molecular complexity index is 447. The maximum Gasteiger partial charge on any atom is 0.319 e. The maximum atomic E-state index is 11.5. The fourth-order valence-electron chi connectivity index (χ4n) is 1.95. The number of esters is 1. The van der Waals surface area contributed by atoms with Gasteiger partial charge in [0, 0.05) is 24.7 Å². The zero-order chi connectivity index (χ0) is 15.1. The SMILES string of the molecule is COC(=O)CN(Cc1cc(CN)ccc1OC)C(C)C. The lowest BCUT2D eigenvalue weighted by molar-refractivity contribution is -0.142. The summed E-state index contributed by atoms with van der Waals surface area (Å²) in [5.41, 5.74) is 7.74. The second kappa shape index (κ2) is 7.87. The first kappa shape index (κ1) is 16.5. The molecule has 0 aliphatic rings. The average molecular weight is 280 g/mol. The highest BCUT2D eigenvalue weighted by Crippen LogP contribution is 2.22. The van der Waals surface area contributed by atoms with Crippen molar-refractivity contribution in [3.05, 3.63) is 29.3 Å². The van der Waals surface area contributed by atoms with Gasteiger partial charge in [-0.2, -0.15) is 0 Å². The van der Waals surface area contributed by atoms with E-state index in [0.29, 0.717) is 13.1 Å². The van der Waals surface area contributed by atoms with Gasteiger partial charge >= 0.3 is 5.97 Å². The van der Waals surface area contributed by atoms with Crippen molar-refractivity contribution in [2.75, 3.05) is 20.8 Å². The molecule has 20 heavy (non-hydrogen) atoms. The van der Waals surface area contributed by atoms with Gasteiger partial charge in [-0.05, 0) is 31.5 Å². The van der Waals surface area contributed by atoms with Crippen molar-refractivity contribution in [1.82, 2.24) is 4.90 Å². The van der Waals surface area contributed by atoms with Gasteiger partial charge in [0.2, 0.25) is 0 Å². The Kier molecular flexibility index (Phi) is 6.48. The van der Waals surface area contributed by atoms with Gasteiger partial charge in [-0.3, -0.25) is 9.69 Å². The Balaban J connectivity index is 2.94. The Labute approximate surface area is 120 Å². The first-order chi connectivity index (χ1) is 9.51. The van der Waals surface area contributed by atoms with Crippen molar-refractivity contribution >= 4 is 5.97 Å². The fraction of sp³-hybridized carbons (Fsp3) is 0.533. The molecule has 1 aromatic rings. The number of methoxy groups -OCH3 is 2. The first-order valence-corrected chi connectivity index (χ1v) is 6.68. The van der Waals surface area contributed by atoms with E-state index in [1.807, 2.05) is 36.9 Å². The van der Waals surface area contributed by atoms with Crippen molar-refractivity contribution < 1.29 is 14.3 Å². The minimum atomic E-state index is -0.243. The average Bonchev–Trinajstić information content (AvgIpc) is 2.45. The summed E-state index contributed by atoms with van der Waals surface area (Å²) in [6.45, 7) is 5.44. The predicted molar refractivity (Wildman–Crippen MR) is 78.4 cm³/mol. The Hall–Kier alpha value is -1.59. The van der Waals surface area contributed by atoms with Crippen LogP contribution in [0.2, 0.25) is 0 Å². The molecule has 0 saturated heterocycles. The summed E-state index contributed by atoms with van der Waals surface area (Å²) in [5, 5.41) is 0. The van der Waals surface area contributed by atoms with Gasteiger partial charge in [0.1, 0.15) is 5.75 Å². The Morgan fingerprint density at radius 3 is 2.55 bits per heavy atom. The van der Waals surface area contributed by atoms with Gasteiger partial charge in [0.15, 0.2) is 0 Å². The van der Waals surface area contributed by atoms with E-state index < -0.39 is 0 Å². The van der Waals surface area contributed by atoms with Crippen LogP contribution in [0.1, 0.15) is 25.0 Å². The molecule has 0 atom stereocenters. The molecule has 0 heterocycles. The van der Waals surface area contributed by atoms with E-state index in [4.69, 9.17) is 15.2 Å². The van der Waals surface area contributed by atoms with Crippen LogP contribution < -0.4 is 10.5 Å². The third-order valence-electron chi connectivity index (χ3n) is 3.24. The lowest BCUT2D eigenvalue weighted by atomic mass is 10.1. The molecule has 0 fully saturated rings. The van der Waals surface area contributed by atoms with Crippen LogP contribution in [0, 0.1) is 0 Å². The number of hydrogen-bond donors (Lipinski definition) is 1. The van der Waals surface area contributed by atoms with Gasteiger partial charge < -0.3 is 15.2 Å². The zero-order valence-electron chi connectivity index (χ0n) is 12.7. The smallest absolute Gasteiger partial charge is 0.319 e. The molecule has 0 radical (unpaired) electrons. The molecular weight excluding hydrogens is 256 g/mol. The maximum absolute atomic E-state index is 11.5. The summed E-state index contributed by atoms with van der Waals surface area (Å²) in [4.78, 5) is 13.5. The van der Waals surface area contributed by atoms with Crippen LogP contribution in [0.3, 0.4) is 0 Å². The second-order valence-electron chi connectivity index (χ2n) is 4.93. The number of rotatable bonds is 7. The molecule has 1 rings (SSSR count). The second-order valence-corrected chi connectivity index (χ2v) is 4.93. The number of nitrogens with two attached hydrogens (primary N) is 1. The standard InChI is InChI=1S/C15H24N2O3/c1-11(2)17(10-15(18)20-4)9-13-7-12(8-16)5-6-14(13)19-3/h5-7,11H,8-10,16H2,1-4H3. The monoisotopic (exact) mass is 280 g/mol. The van der Waals surface area contributed by atoms with Gasteiger partial charge in [-0.1, -0.05) is 6.07 Å². The van der Waals surface area contributed by atoms with E-state index in [1.54, 1.807) is 7.11 Å². The predicted octanol–water partition coefficient (Wildman–Crippen LogP) is 1.54. The molecule has 0 aliphatic carbocycles. The summed E-state index contributed by atoms with van der Waals surface area (Å²) in [6.07, 6.45) is 0. The van der Waals surface area contributed by atoms with Gasteiger partial charge in [0.05, 0.1) is 20.8 Å². The molecule has 1 aromatic carbocycles. The topological polar surface area (TPSA) is 64.8 Å². The van der Waals surface area contributed by atoms with Gasteiger partial charge in [-0.25, -0.2) is 0 Å². The number of benzene rings is 1. The van der Waals surface area contributed by atoms with Crippen LogP contribution in [-0.2, 0) is 22.6 Å². The van der Waals surface area contributed by atoms with E-state index >= 15 is 0 Å². The van der Waals surface area contributed by atoms with Crippen molar-refractivity contribution in [3.8, 4) is 5.75 Å². The molecule has 0 bridgehead atoms. The molecule has 0 unspecified atom stereocenters. The summed E-state index contributed by atoms with van der Waals surface area (Å²) < 4.78 is 10.1. The molecule has 0 amide bonds. The largest absolute Gasteiger partial charge is 0.496 e. The summed E-state index contributed by atoms with van der Waals surface area (Å²) in [5.74, 6) is 0.561. The summed E-state index contributed by atoms with van der Waals surface area (Å²) in [7, 11) is 3.04. The van der Waals surface area contributed by atoms with Crippen molar-refractivity contribution in [2.45, 2.75) is 33.0 Å². The van der Waals surface area contributed by atoms with Crippen molar-refractivity contribution in [3.63, 3.8) is 0 Å². The van der Waals surface area contributed by atoms with Crippen LogP contribution in [0.4, 0.5) is 0 Å². The third-order valence-corrected chi connectivity index (χ3v) is 3.24. The highest BCUT2D eigenvalue weighted by molar-refractivity contribution is 5.71. The molecule has 2 N–H and O–H groups in total. The molecule has 112 valence electrons.